The normalized spacial score (nSPS) is 18.7. The highest BCUT2D eigenvalue weighted by atomic mass is 35.5. The van der Waals surface area contributed by atoms with Crippen LogP contribution in [0.4, 0.5) is 0 Å². The molecule has 0 radical (unpaired) electrons. The van der Waals surface area contributed by atoms with Crippen LogP contribution in [0.25, 0.3) is 17.4 Å². The van der Waals surface area contributed by atoms with Crippen LogP contribution in [0, 0.1) is 5.92 Å². The number of benzene rings is 1. The van der Waals surface area contributed by atoms with Gasteiger partial charge in [0.05, 0.1) is 9.93 Å². The number of furan rings is 1. The molecule has 2 fully saturated rings. The molecule has 1 N–H and O–H groups in total. The van der Waals surface area contributed by atoms with E-state index in [0.717, 1.165) is 18.4 Å². The summed E-state index contributed by atoms with van der Waals surface area (Å²) in [6, 6.07) is 11.0. The van der Waals surface area contributed by atoms with E-state index in [1.54, 1.807) is 18.2 Å². The minimum absolute atomic E-state index is 0.0578. The maximum atomic E-state index is 12.8. The topological polar surface area (TPSA) is 62.6 Å². The second kappa shape index (κ2) is 10.0. The summed E-state index contributed by atoms with van der Waals surface area (Å²) in [5.41, 5.74) is 0.783. The first-order valence-corrected chi connectivity index (χ1v) is 12.0. The molecule has 1 aliphatic carbocycles. The average Bonchev–Trinajstić information content (AvgIpc) is 3.33. The first-order chi connectivity index (χ1) is 15.0. The second-order valence-corrected chi connectivity index (χ2v) is 9.84. The number of thioether (sulfide) groups is 1. The Labute approximate surface area is 196 Å². The van der Waals surface area contributed by atoms with E-state index in [1.165, 1.54) is 35.9 Å². The third-order valence-corrected chi connectivity index (χ3v) is 7.23. The first kappa shape index (κ1) is 22.1. The van der Waals surface area contributed by atoms with Crippen LogP contribution in [-0.4, -0.2) is 34.1 Å². The Morgan fingerprint density at radius 1 is 1.23 bits per heavy atom. The summed E-state index contributed by atoms with van der Waals surface area (Å²) in [5, 5.41) is 3.55. The van der Waals surface area contributed by atoms with Crippen LogP contribution in [0.3, 0.4) is 0 Å². The molecule has 1 saturated carbocycles. The maximum absolute atomic E-state index is 12.8. The summed E-state index contributed by atoms with van der Waals surface area (Å²) < 4.78 is 6.23. The molecule has 0 atom stereocenters. The van der Waals surface area contributed by atoms with Crippen molar-refractivity contribution >= 4 is 57.8 Å². The zero-order chi connectivity index (χ0) is 21.8. The van der Waals surface area contributed by atoms with Crippen LogP contribution >= 0.6 is 35.6 Å². The molecule has 2 aliphatic rings. The molecule has 0 bridgehead atoms. The summed E-state index contributed by atoms with van der Waals surface area (Å²) in [6.45, 7) is 0.610. The number of thiocarbonyl (C=S) groups is 1. The van der Waals surface area contributed by atoms with Crippen molar-refractivity contribution in [2.75, 3.05) is 13.1 Å². The fourth-order valence-corrected chi connectivity index (χ4v) is 5.31. The molecule has 0 spiro atoms. The Hall–Kier alpha value is -2.09. The lowest BCUT2D eigenvalue weighted by Crippen LogP contribution is -2.41. The Morgan fingerprint density at radius 3 is 2.77 bits per heavy atom. The maximum Gasteiger partial charge on any atom is 0.266 e. The minimum atomic E-state index is -0.279. The van der Waals surface area contributed by atoms with Gasteiger partial charge in [0.1, 0.15) is 22.4 Å². The van der Waals surface area contributed by atoms with E-state index >= 15 is 0 Å². The van der Waals surface area contributed by atoms with E-state index in [1.807, 2.05) is 24.3 Å². The van der Waals surface area contributed by atoms with Crippen molar-refractivity contribution in [2.24, 2.45) is 5.92 Å². The fraction of sp³-hybridized carbons (Fsp3) is 0.348. The van der Waals surface area contributed by atoms with Gasteiger partial charge in [0.15, 0.2) is 0 Å². The molecule has 4 rings (SSSR count). The number of rotatable bonds is 6. The van der Waals surface area contributed by atoms with Gasteiger partial charge in [0, 0.05) is 18.2 Å². The lowest BCUT2D eigenvalue weighted by atomic mass is 9.89. The van der Waals surface area contributed by atoms with E-state index in [4.69, 9.17) is 28.2 Å². The van der Waals surface area contributed by atoms with Crippen LogP contribution in [0.15, 0.2) is 45.7 Å². The molecule has 1 saturated heterocycles. The van der Waals surface area contributed by atoms with Crippen LogP contribution in [0.2, 0.25) is 5.02 Å². The van der Waals surface area contributed by atoms with Crippen molar-refractivity contribution in [3.8, 4) is 11.3 Å². The van der Waals surface area contributed by atoms with Crippen molar-refractivity contribution in [1.29, 1.82) is 0 Å². The van der Waals surface area contributed by atoms with Crippen molar-refractivity contribution in [1.82, 2.24) is 10.2 Å². The van der Waals surface area contributed by atoms with Gasteiger partial charge in [-0.25, -0.2) is 0 Å². The van der Waals surface area contributed by atoms with Gasteiger partial charge in [-0.1, -0.05) is 67.0 Å². The van der Waals surface area contributed by atoms with E-state index < -0.39 is 0 Å². The molecule has 1 aliphatic heterocycles. The summed E-state index contributed by atoms with van der Waals surface area (Å²) in [7, 11) is 0. The molecule has 2 heterocycles. The van der Waals surface area contributed by atoms with Crippen molar-refractivity contribution in [2.45, 2.75) is 32.1 Å². The van der Waals surface area contributed by atoms with Crippen molar-refractivity contribution < 1.29 is 14.0 Å². The van der Waals surface area contributed by atoms with Crippen LogP contribution in [0.5, 0.6) is 0 Å². The van der Waals surface area contributed by atoms with E-state index in [-0.39, 0.29) is 18.4 Å². The van der Waals surface area contributed by atoms with Gasteiger partial charge in [-0.3, -0.25) is 14.5 Å². The summed E-state index contributed by atoms with van der Waals surface area (Å²) in [6.07, 6.45) is 7.70. The Balaban J connectivity index is 1.38. The van der Waals surface area contributed by atoms with Gasteiger partial charge < -0.3 is 9.73 Å². The average molecular weight is 475 g/mol. The lowest BCUT2D eigenvalue weighted by Gasteiger charge is -2.22. The summed E-state index contributed by atoms with van der Waals surface area (Å²) in [5.74, 6) is 1.22. The third-order valence-electron chi connectivity index (χ3n) is 5.53. The monoisotopic (exact) mass is 474 g/mol. The number of amides is 2. The van der Waals surface area contributed by atoms with Gasteiger partial charge in [0.2, 0.25) is 5.91 Å². The highest BCUT2D eigenvalue weighted by Crippen LogP contribution is 2.34. The fourth-order valence-electron chi connectivity index (χ4n) is 3.85. The van der Waals surface area contributed by atoms with Crippen LogP contribution < -0.4 is 5.32 Å². The highest BCUT2D eigenvalue weighted by Gasteiger charge is 2.33. The Kier molecular flexibility index (Phi) is 7.15. The first-order valence-electron chi connectivity index (χ1n) is 10.4. The predicted molar refractivity (Wildman–Crippen MR) is 129 cm³/mol. The molecule has 2 amide bonds. The summed E-state index contributed by atoms with van der Waals surface area (Å²) >= 11 is 12.7. The lowest BCUT2D eigenvalue weighted by molar-refractivity contribution is -0.128. The SMILES string of the molecule is O=C(CN1C(=O)C(=Cc2ccc(-c3ccccc3Cl)o2)SC1=S)NCC1CCCCC1. The number of nitrogens with zero attached hydrogens (tertiary/aromatic N) is 1. The molecular formula is C23H23ClN2O3S2. The standard InChI is InChI=1S/C23H23ClN2O3S2/c24-18-9-5-4-8-17(18)19-11-10-16(29-19)12-20-22(28)26(23(30)31-20)14-21(27)25-13-15-6-2-1-3-7-15/h4-5,8-12,15H,1-3,6-7,13-14H2,(H,25,27). The smallest absolute Gasteiger partial charge is 0.266 e. The van der Waals surface area contributed by atoms with Crippen LogP contribution in [0.1, 0.15) is 37.9 Å². The van der Waals surface area contributed by atoms with E-state index in [9.17, 15) is 9.59 Å². The predicted octanol–water partition coefficient (Wildman–Crippen LogP) is 5.50. The van der Waals surface area contributed by atoms with E-state index in [2.05, 4.69) is 5.32 Å². The largest absolute Gasteiger partial charge is 0.457 e. The second-order valence-electron chi connectivity index (χ2n) is 7.76. The number of hydrogen-bond acceptors (Lipinski definition) is 5. The number of carbonyl (C=O) groups excluding carboxylic acids is 2. The van der Waals surface area contributed by atoms with Crippen LogP contribution in [-0.2, 0) is 9.59 Å². The zero-order valence-electron chi connectivity index (χ0n) is 16.9. The van der Waals surface area contributed by atoms with Crippen molar-refractivity contribution in [3.63, 3.8) is 0 Å². The van der Waals surface area contributed by atoms with Gasteiger partial charge in [-0.2, -0.15) is 0 Å². The minimum Gasteiger partial charge on any atom is -0.457 e. The quantitative estimate of drug-likeness (QED) is 0.442. The third kappa shape index (κ3) is 5.40. The van der Waals surface area contributed by atoms with Gasteiger partial charge >= 0.3 is 0 Å². The molecule has 0 unspecified atom stereocenters. The number of halogens is 1. The Morgan fingerprint density at radius 2 is 2.00 bits per heavy atom. The molecule has 5 nitrogen and oxygen atoms in total. The van der Waals surface area contributed by atoms with E-state index in [0.29, 0.717) is 38.2 Å². The summed E-state index contributed by atoms with van der Waals surface area (Å²) in [4.78, 5) is 26.9. The number of carbonyl (C=O) groups is 2. The zero-order valence-corrected chi connectivity index (χ0v) is 19.3. The van der Waals surface area contributed by atoms with Gasteiger partial charge in [0.25, 0.3) is 5.91 Å². The molecule has 162 valence electrons. The highest BCUT2D eigenvalue weighted by molar-refractivity contribution is 8.26. The number of hydrogen-bond donors (Lipinski definition) is 1. The molecule has 31 heavy (non-hydrogen) atoms. The van der Waals surface area contributed by atoms with Gasteiger partial charge in [-0.05, 0) is 43.0 Å². The van der Waals surface area contributed by atoms with Gasteiger partial charge in [-0.15, -0.1) is 0 Å². The molecule has 1 aromatic heterocycles. The molecule has 1 aromatic carbocycles. The van der Waals surface area contributed by atoms with Crippen molar-refractivity contribution in [3.05, 3.63) is 52.1 Å². The number of nitrogens with one attached hydrogen (secondary N) is 1. The molecular weight excluding hydrogens is 452 g/mol. The molecule has 2 aromatic rings. The molecule has 8 heteroatoms. The Bertz CT molecular complexity index is 1030.